The number of nitrogens with one attached hydrogen (secondary N) is 1. The van der Waals surface area contributed by atoms with E-state index in [0.717, 1.165) is 16.8 Å². The first-order chi connectivity index (χ1) is 10.6. The number of para-hydroxylation sites is 1. The highest BCUT2D eigenvalue weighted by atomic mass is 16.3. The Morgan fingerprint density at radius 3 is 2.91 bits per heavy atom. The molecule has 0 fully saturated rings. The number of furan rings is 1. The van der Waals surface area contributed by atoms with Crippen LogP contribution >= 0.6 is 0 Å². The quantitative estimate of drug-likeness (QED) is 0.802. The molecular weight excluding hydrogens is 280 g/mol. The third-order valence-corrected chi connectivity index (χ3v) is 3.75. The van der Waals surface area contributed by atoms with Crippen molar-refractivity contribution >= 4 is 16.9 Å². The number of rotatable bonds is 4. The van der Waals surface area contributed by atoms with Gasteiger partial charge in [-0.15, -0.1) is 10.2 Å². The van der Waals surface area contributed by atoms with Crippen LogP contribution in [0.4, 0.5) is 0 Å². The molecule has 0 saturated heterocycles. The van der Waals surface area contributed by atoms with Crippen molar-refractivity contribution in [1.29, 1.82) is 0 Å². The number of hydrogen-bond acceptors (Lipinski definition) is 4. The summed E-state index contributed by atoms with van der Waals surface area (Å²) in [4.78, 5) is 12.5. The third-order valence-electron chi connectivity index (χ3n) is 3.75. The predicted octanol–water partition coefficient (Wildman–Crippen LogP) is 2.40. The van der Waals surface area contributed by atoms with E-state index in [0.29, 0.717) is 17.9 Å². The van der Waals surface area contributed by atoms with Crippen LogP contribution in [0.3, 0.4) is 0 Å². The Balaban J connectivity index is 1.77. The molecule has 114 valence electrons. The van der Waals surface area contributed by atoms with E-state index in [-0.39, 0.29) is 11.8 Å². The Morgan fingerprint density at radius 2 is 2.18 bits per heavy atom. The number of carbonyl (C=O) groups is 1. The topological polar surface area (TPSA) is 73.0 Å². The zero-order valence-electron chi connectivity index (χ0n) is 12.8. The van der Waals surface area contributed by atoms with Crippen LogP contribution in [-0.4, -0.2) is 27.2 Å². The molecule has 1 atom stereocenters. The van der Waals surface area contributed by atoms with Gasteiger partial charge < -0.3 is 14.3 Å². The van der Waals surface area contributed by atoms with E-state index in [2.05, 4.69) is 15.5 Å². The van der Waals surface area contributed by atoms with Crippen LogP contribution in [0, 0.1) is 6.92 Å². The minimum atomic E-state index is -0.128. The van der Waals surface area contributed by atoms with Gasteiger partial charge in [0.15, 0.2) is 0 Å². The van der Waals surface area contributed by atoms with Gasteiger partial charge in [-0.05, 0) is 13.0 Å². The second-order valence-electron chi connectivity index (χ2n) is 5.44. The van der Waals surface area contributed by atoms with Gasteiger partial charge in [-0.2, -0.15) is 0 Å². The monoisotopic (exact) mass is 298 g/mol. The molecule has 2 heterocycles. The minimum Gasteiger partial charge on any atom is -0.461 e. The van der Waals surface area contributed by atoms with Gasteiger partial charge in [-0.3, -0.25) is 4.79 Å². The summed E-state index contributed by atoms with van der Waals surface area (Å²) in [7, 11) is 1.89. The highest BCUT2D eigenvalue weighted by Gasteiger charge is 2.19. The Kier molecular flexibility index (Phi) is 3.66. The van der Waals surface area contributed by atoms with Crippen LogP contribution in [-0.2, 0) is 7.05 Å². The lowest BCUT2D eigenvalue weighted by molar-refractivity contribution is 0.0951. The highest BCUT2D eigenvalue weighted by Crippen LogP contribution is 2.25. The van der Waals surface area contributed by atoms with Gasteiger partial charge in [-0.25, -0.2) is 0 Å². The van der Waals surface area contributed by atoms with Gasteiger partial charge in [0.05, 0.1) is 5.56 Å². The molecule has 0 unspecified atom stereocenters. The molecule has 3 aromatic rings. The van der Waals surface area contributed by atoms with Crippen LogP contribution in [0.2, 0.25) is 0 Å². The molecule has 1 amide bonds. The number of benzene rings is 1. The molecule has 0 aliphatic carbocycles. The zero-order valence-corrected chi connectivity index (χ0v) is 12.8. The second-order valence-corrected chi connectivity index (χ2v) is 5.44. The molecule has 0 saturated carbocycles. The number of aromatic nitrogens is 3. The SMILES string of the molecule is Cc1oc2ccccc2c1C(=O)NC[C@H](C)c1nncn1C. The number of nitrogens with zero attached hydrogens (tertiary/aromatic N) is 3. The van der Waals surface area contributed by atoms with Crippen LogP contribution < -0.4 is 5.32 Å². The maximum atomic E-state index is 12.5. The summed E-state index contributed by atoms with van der Waals surface area (Å²) in [6.07, 6.45) is 1.65. The first kappa shape index (κ1) is 14.3. The van der Waals surface area contributed by atoms with Gasteiger partial charge in [0, 0.05) is 24.9 Å². The maximum absolute atomic E-state index is 12.5. The largest absolute Gasteiger partial charge is 0.461 e. The lowest BCUT2D eigenvalue weighted by Crippen LogP contribution is -2.28. The summed E-state index contributed by atoms with van der Waals surface area (Å²) in [5, 5.41) is 11.7. The van der Waals surface area contributed by atoms with Crippen molar-refractivity contribution in [2.24, 2.45) is 7.05 Å². The number of aryl methyl sites for hydroxylation is 2. The summed E-state index contributed by atoms with van der Waals surface area (Å²) < 4.78 is 7.49. The fourth-order valence-electron chi connectivity index (χ4n) is 2.61. The van der Waals surface area contributed by atoms with Crippen LogP contribution in [0.5, 0.6) is 0 Å². The number of amides is 1. The van der Waals surface area contributed by atoms with E-state index in [4.69, 9.17) is 4.42 Å². The lowest BCUT2D eigenvalue weighted by Gasteiger charge is -2.11. The van der Waals surface area contributed by atoms with Gasteiger partial charge >= 0.3 is 0 Å². The Hall–Kier alpha value is -2.63. The molecule has 0 bridgehead atoms. The summed E-state index contributed by atoms with van der Waals surface area (Å²) in [6, 6.07) is 7.55. The summed E-state index contributed by atoms with van der Waals surface area (Å²) >= 11 is 0. The van der Waals surface area contributed by atoms with E-state index in [1.807, 2.05) is 42.8 Å². The van der Waals surface area contributed by atoms with Crippen molar-refractivity contribution in [1.82, 2.24) is 20.1 Å². The van der Waals surface area contributed by atoms with Crippen molar-refractivity contribution in [3.8, 4) is 0 Å². The molecule has 0 aliphatic rings. The fraction of sp³-hybridized carbons (Fsp3) is 0.312. The molecule has 1 aromatic carbocycles. The van der Waals surface area contributed by atoms with Crippen molar-refractivity contribution < 1.29 is 9.21 Å². The molecule has 3 rings (SSSR count). The Labute approximate surface area is 128 Å². The molecule has 22 heavy (non-hydrogen) atoms. The van der Waals surface area contributed by atoms with E-state index >= 15 is 0 Å². The highest BCUT2D eigenvalue weighted by molar-refractivity contribution is 6.07. The van der Waals surface area contributed by atoms with Crippen LogP contribution in [0.25, 0.3) is 11.0 Å². The number of hydrogen-bond donors (Lipinski definition) is 1. The van der Waals surface area contributed by atoms with Gasteiger partial charge in [0.1, 0.15) is 23.5 Å². The third kappa shape index (κ3) is 2.47. The van der Waals surface area contributed by atoms with Gasteiger partial charge in [-0.1, -0.05) is 25.1 Å². The van der Waals surface area contributed by atoms with Gasteiger partial charge in [0.2, 0.25) is 0 Å². The van der Waals surface area contributed by atoms with E-state index in [1.165, 1.54) is 0 Å². The molecule has 6 heteroatoms. The maximum Gasteiger partial charge on any atom is 0.255 e. The molecule has 0 radical (unpaired) electrons. The molecule has 6 nitrogen and oxygen atoms in total. The Morgan fingerprint density at radius 1 is 1.41 bits per heavy atom. The van der Waals surface area contributed by atoms with Crippen molar-refractivity contribution in [2.45, 2.75) is 19.8 Å². The van der Waals surface area contributed by atoms with Crippen molar-refractivity contribution in [2.75, 3.05) is 6.54 Å². The molecule has 0 aliphatic heterocycles. The average Bonchev–Trinajstić information content (AvgIpc) is 3.06. The number of carbonyl (C=O) groups excluding carboxylic acids is 1. The fourth-order valence-corrected chi connectivity index (χ4v) is 2.61. The summed E-state index contributed by atoms with van der Waals surface area (Å²) in [5.74, 6) is 1.42. The van der Waals surface area contributed by atoms with Crippen LogP contribution in [0.1, 0.15) is 34.8 Å². The van der Waals surface area contributed by atoms with Crippen molar-refractivity contribution in [3.63, 3.8) is 0 Å². The van der Waals surface area contributed by atoms with Crippen molar-refractivity contribution in [3.05, 3.63) is 47.7 Å². The molecular formula is C16H18N4O2. The normalized spacial score (nSPS) is 12.5. The second kappa shape index (κ2) is 5.63. The predicted molar refractivity (Wildman–Crippen MR) is 82.7 cm³/mol. The van der Waals surface area contributed by atoms with Crippen LogP contribution in [0.15, 0.2) is 35.0 Å². The lowest BCUT2D eigenvalue weighted by atomic mass is 10.1. The first-order valence-corrected chi connectivity index (χ1v) is 7.18. The standard InChI is InChI=1S/C16H18N4O2/c1-10(15-19-18-9-20(15)3)8-17-16(21)14-11(2)22-13-7-5-4-6-12(13)14/h4-7,9-10H,8H2,1-3H3,(H,17,21)/t10-/m0/s1. The molecule has 1 N–H and O–H groups in total. The number of fused-ring (bicyclic) bond motifs is 1. The molecule has 0 spiro atoms. The zero-order chi connectivity index (χ0) is 15.7. The summed E-state index contributed by atoms with van der Waals surface area (Å²) in [6.45, 7) is 4.30. The summed E-state index contributed by atoms with van der Waals surface area (Å²) in [5.41, 5.74) is 1.33. The van der Waals surface area contributed by atoms with E-state index < -0.39 is 0 Å². The van der Waals surface area contributed by atoms with E-state index in [9.17, 15) is 4.79 Å². The average molecular weight is 298 g/mol. The molecule has 2 aromatic heterocycles. The Bertz CT molecular complexity index is 819. The van der Waals surface area contributed by atoms with Gasteiger partial charge in [0.25, 0.3) is 5.91 Å². The minimum absolute atomic E-state index is 0.0786. The van der Waals surface area contributed by atoms with E-state index in [1.54, 1.807) is 13.3 Å². The first-order valence-electron chi connectivity index (χ1n) is 7.18. The smallest absolute Gasteiger partial charge is 0.255 e.